The highest BCUT2D eigenvalue weighted by Crippen LogP contribution is 2.32. The molecule has 2 aromatic carbocycles. The van der Waals surface area contributed by atoms with Crippen LogP contribution in [0.1, 0.15) is 43.9 Å². The van der Waals surface area contributed by atoms with Gasteiger partial charge in [0.15, 0.2) is 0 Å². The number of unbranched alkanes of at least 4 members (excludes halogenated alkanes) is 1. The molecule has 2 rings (SSSR count). The summed E-state index contributed by atoms with van der Waals surface area (Å²) in [4.78, 5) is 0. The Labute approximate surface area is 140 Å². The number of hydrogen-bond donors (Lipinski definition) is 1. The first kappa shape index (κ1) is 16.4. The first-order chi connectivity index (χ1) is 10.1. The average Bonchev–Trinajstić information content (AvgIpc) is 2.50. The van der Waals surface area contributed by atoms with Crippen LogP contribution in [0, 0.1) is 0 Å². The summed E-state index contributed by atoms with van der Waals surface area (Å²) in [5, 5.41) is 4.22. The lowest BCUT2D eigenvalue weighted by atomic mass is 10.0. The van der Waals surface area contributed by atoms with Crippen molar-refractivity contribution in [3.8, 4) is 0 Å². The van der Waals surface area contributed by atoms with Crippen molar-refractivity contribution < 1.29 is 0 Å². The molecule has 0 heterocycles. The standard InChI is InChI=1S/C18H21BrClN/c1-3-4-6-14-9-11-15(12-10-14)13(2)21-17-8-5-7-16(20)18(17)19/h5,7-13,21H,3-4,6H2,1-2H3. The molecule has 1 nitrogen and oxygen atoms in total. The van der Waals surface area contributed by atoms with E-state index >= 15 is 0 Å². The molecule has 0 aliphatic rings. The fraction of sp³-hybridized carbons (Fsp3) is 0.333. The minimum absolute atomic E-state index is 0.236. The van der Waals surface area contributed by atoms with Crippen LogP contribution in [0.4, 0.5) is 5.69 Å². The van der Waals surface area contributed by atoms with Crippen LogP contribution in [0.25, 0.3) is 0 Å². The van der Waals surface area contributed by atoms with E-state index in [0.29, 0.717) is 0 Å². The van der Waals surface area contributed by atoms with Crippen molar-refractivity contribution in [1.29, 1.82) is 0 Å². The molecule has 0 spiro atoms. The second kappa shape index (κ2) is 7.86. The van der Waals surface area contributed by atoms with Crippen LogP contribution in [0.3, 0.4) is 0 Å². The van der Waals surface area contributed by atoms with Crippen LogP contribution in [-0.2, 0) is 6.42 Å². The minimum Gasteiger partial charge on any atom is -0.378 e. The van der Waals surface area contributed by atoms with E-state index < -0.39 is 0 Å². The quantitative estimate of drug-likeness (QED) is 0.606. The van der Waals surface area contributed by atoms with Gasteiger partial charge in [0.1, 0.15) is 0 Å². The monoisotopic (exact) mass is 365 g/mol. The lowest BCUT2D eigenvalue weighted by Gasteiger charge is -2.17. The van der Waals surface area contributed by atoms with Gasteiger partial charge in [-0.3, -0.25) is 0 Å². The number of halogens is 2. The number of benzene rings is 2. The molecule has 3 heteroatoms. The number of anilines is 1. The Morgan fingerprint density at radius 2 is 1.86 bits per heavy atom. The lowest BCUT2D eigenvalue weighted by molar-refractivity contribution is 0.793. The predicted octanol–water partition coefficient (Wildman–Crippen LogP) is 6.62. The first-order valence-electron chi connectivity index (χ1n) is 7.41. The molecule has 21 heavy (non-hydrogen) atoms. The fourth-order valence-electron chi connectivity index (χ4n) is 2.29. The Kier molecular flexibility index (Phi) is 6.13. The molecule has 0 aliphatic heterocycles. The number of rotatable bonds is 6. The van der Waals surface area contributed by atoms with Crippen molar-refractivity contribution in [3.63, 3.8) is 0 Å². The lowest BCUT2D eigenvalue weighted by Crippen LogP contribution is -2.07. The molecule has 0 amide bonds. The minimum atomic E-state index is 0.236. The molecule has 1 unspecified atom stereocenters. The molecule has 0 radical (unpaired) electrons. The predicted molar refractivity (Wildman–Crippen MR) is 96.2 cm³/mol. The van der Waals surface area contributed by atoms with Crippen LogP contribution in [0.15, 0.2) is 46.9 Å². The normalized spacial score (nSPS) is 12.2. The molecule has 2 aromatic rings. The van der Waals surface area contributed by atoms with Crippen molar-refractivity contribution >= 4 is 33.2 Å². The summed E-state index contributed by atoms with van der Waals surface area (Å²) in [7, 11) is 0. The molecule has 1 atom stereocenters. The second-order valence-corrected chi connectivity index (χ2v) is 6.51. The largest absolute Gasteiger partial charge is 0.378 e. The van der Waals surface area contributed by atoms with Crippen molar-refractivity contribution in [3.05, 3.63) is 63.1 Å². The second-order valence-electron chi connectivity index (χ2n) is 5.31. The molecule has 0 fully saturated rings. The molecule has 112 valence electrons. The topological polar surface area (TPSA) is 12.0 Å². The van der Waals surface area contributed by atoms with Gasteiger partial charge in [-0.25, -0.2) is 0 Å². The third kappa shape index (κ3) is 4.49. The van der Waals surface area contributed by atoms with Crippen molar-refractivity contribution in [1.82, 2.24) is 0 Å². The zero-order valence-electron chi connectivity index (χ0n) is 12.5. The van der Waals surface area contributed by atoms with Gasteiger partial charge in [-0.2, -0.15) is 0 Å². The summed E-state index contributed by atoms with van der Waals surface area (Å²) in [5.41, 5.74) is 3.71. The first-order valence-corrected chi connectivity index (χ1v) is 8.58. The maximum atomic E-state index is 6.13. The van der Waals surface area contributed by atoms with Crippen molar-refractivity contribution in [2.45, 2.75) is 39.2 Å². The molecule has 1 N–H and O–H groups in total. The molecule has 0 saturated heterocycles. The van der Waals surface area contributed by atoms with Gasteiger partial charge >= 0.3 is 0 Å². The van der Waals surface area contributed by atoms with Crippen molar-refractivity contribution in [2.75, 3.05) is 5.32 Å². The van der Waals surface area contributed by atoms with E-state index in [-0.39, 0.29) is 6.04 Å². The van der Waals surface area contributed by atoms with Gasteiger partial charge in [-0.15, -0.1) is 0 Å². The maximum absolute atomic E-state index is 6.13. The average molecular weight is 367 g/mol. The van der Waals surface area contributed by atoms with E-state index in [4.69, 9.17) is 11.6 Å². The Bertz CT molecular complexity index is 580. The van der Waals surface area contributed by atoms with E-state index in [1.54, 1.807) is 0 Å². The summed E-state index contributed by atoms with van der Waals surface area (Å²) in [5.74, 6) is 0. The molecular formula is C18H21BrClN. The van der Waals surface area contributed by atoms with E-state index in [0.717, 1.165) is 15.2 Å². The van der Waals surface area contributed by atoms with E-state index in [2.05, 4.69) is 59.4 Å². The third-order valence-corrected chi connectivity index (χ3v) is 5.02. The van der Waals surface area contributed by atoms with Gasteiger partial charge in [-0.1, -0.05) is 55.3 Å². The van der Waals surface area contributed by atoms with Gasteiger partial charge in [0.05, 0.1) is 15.2 Å². The molecule has 0 aliphatic carbocycles. The van der Waals surface area contributed by atoms with Gasteiger partial charge < -0.3 is 5.32 Å². The van der Waals surface area contributed by atoms with E-state index in [9.17, 15) is 0 Å². The molecular weight excluding hydrogens is 346 g/mol. The molecule has 0 bridgehead atoms. The summed E-state index contributed by atoms with van der Waals surface area (Å²) >= 11 is 9.65. The Hall–Kier alpha value is -0.990. The van der Waals surface area contributed by atoms with Crippen molar-refractivity contribution in [2.24, 2.45) is 0 Å². The molecule has 0 aromatic heterocycles. The van der Waals surface area contributed by atoms with Crippen LogP contribution >= 0.6 is 27.5 Å². The van der Waals surface area contributed by atoms with Gasteiger partial charge in [-0.05, 0) is 59.0 Å². The van der Waals surface area contributed by atoms with Crippen LogP contribution in [0.2, 0.25) is 5.02 Å². The van der Waals surface area contributed by atoms with E-state index in [1.807, 2.05) is 18.2 Å². The number of nitrogens with one attached hydrogen (secondary N) is 1. The highest BCUT2D eigenvalue weighted by Gasteiger charge is 2.09. The maximum Gasteiger partial charge on any atom is 0.0593 e. The Morgan fingerprint density at radius 1 is 1.14 bits per heavy atom. The number of hydrogen-bond acceptors (Lipinski definition) is 1. The highest BCUT2D eigenvalue weighted by atomic mass is 79.9. The summed E-state index contributed by atoms with van der Waals surface area (Å²) in [6.45, 7) is 4.39. The molecule has 0 saturated carbocycles. The van der Waals surface area contributed by atoms with Crippen LogP contribution in [-0.4, -0.2) is 0 Å². The highest BCUT2D eigenvalue weighted by molar-refractivity contribution is 9.10. The smallest absolute Gasteiger partial charge is 0.0593 e. The van der Waals surface area contributed by atoms with Gasteiger partial charge in [0.2, 0.25) is 0 Å². The summed E-state index contributed by atoms with van der Waals surface area (Å²) in [6.07, 6.45) is 3.66. The Morgan fingerprint density at radius 3 is 2.52 bits per heavy atom. The SMILES string of the molecule is CCCCc1ccc(C(C)Nc2cccc(Cl)c2Br)cc1. The van der Waals surface area contributed by atoms with Gasteiger partial charge in [0.25, 0.3) is 0 Å². The van der Waals surface area contributed by atoms with Gasteiger partial charge in [0, 0.05) is 6.04 Å². The fourth-order valence-corrected chi connectivity index (χ4v) is 2.84. The summed E-state index contributed by atoms with van der Waals surface area (Å²) < 4.78 is 0.915. The zero-order chi connectivity index (χ0) is 15.2. The van der Waals surface area contributed by atoms with Crippen LogP contribution in [0.5, 0.6) is 0 Å². The third-order valence-electron chi connectivity index (χ3n) is 3.62. The van der Waals surface area contributed by atoms with E-state index in [1.165, 1.54) is 30.4 Å². The van der Waals surface area contributed by atoms with Crippen LogP contribution < -0.4 is 5.32 Å². The zero-order valence-corrected chi connectivity index (χ0v) is 14.8. The Balaban J connectivity index is 2.06. The number of aryl methyl sites for hydroxylation is 1. The summed E-state index contributed by atoms with van der Waals surface area (Å²) in [6, 6.07) is 15.0.